The van der Waals surface area contributed by atoms with Crippen molar-refractivity contribution in [3.8, 4) is 0 Å². The fourth-order valence-electron chi connectivity index (χ4n) is 5.45. The van der Waals surface area contributed by atoms with E-state index in [1.54, 1.807) is 40.3 Å². The highest BCUT2D eigenvalue weighted by Gasteiger charge is 2.30. The Hall–Kier alpha value is -3.66. The Labute approximate surface area is 236 Å². The zero-order chi connectivity index (χ0) is 28.6. The maximum absolute atomic E-state index is 13.2. The second-order valence-electron chi connectivity index (χ2n) is 10.7. The summed E-state index contributed by atoms with van der Waals surface area (Å²) in [4.78, 5) is 51.1. The van der Waals surface area contributed by atoms with Crippen LogP contribution >= 0.6 is 0 Å². The summed E-state index contributed by atoms with van der Waals surface area (Å²) in [6, 6.07) is 11.2. The van der Waals surface area contributed by atoms with Crippen molar-refractivity contribution >= 4 is 29.2 Å². The van der Waals surface area contributed by atoms with Gasteiger partial charge in [-0.2, -0.15) is 0 Å². The molecular weight excluding hydrogens is 508 g/mol. The van der Waals surface area contributed by atoms with Gasteiger partial charge in [0.2, 0.25) is 5.91 Å². The first-order valence-corrected chi connectivity index (χ1v) is 14.4. The molecule has 10 nitrogen and oxygen atoms in total. The molecule has 2 saturated heterocycles. The number of rotatable bonds is 9. The van der Waals surface area contributed by atoms with E-state index in [0.29, 0.717) is 82.4 Å². The van der Waals surface area contributed by atoms with Crippen LogP contribution in [0.2, 0.25) is 0 Å². The van der Waals surface area contributed by atoms with Crippen LogP contribution < -0.4 is 10.2 Å². The summed E-state index contributed by atoms with van der Waals surface area (Å²) < 4.78 is 0. The summed E-state index contributed by atoms with van der Waals surface area (Å²) in [5, 5.41) is 12.6. The molecule has 0 saturated carbocycles. The zero-order valence-electron chi connectivity index (χ0n) is 23.9. The summed E-state index contributed by atoms with van der Waals surface area (Å²) in [5.74, 6) is 0.726. The fourth-order valence-corrected chi connectivity index (χ4v) is 5.45. The molecule has 4 rings (SSSR count). The van der Waals surface area contributed by atoms with Gasteiger partial charge in [0.25, 0.3) is 11.8 Å². The SMILES string of the molecule is CCN(CCO)C(=O)C1CCN(C(=O)c2ccc(C(=O)N3CCN(c4ncccc4NC(C)C)CC3)cc2)CC1. The average molecular weight is 551 g/mol. The number of nitrogens with one attached hydrogen (secondary N) is 1. The number of carbonyl (C=O) groups is 3. The van der Waals surface area contributed by atoms with Crippen molar-refractivity contribution in [2.75, 3.05) is 69.2 Å². The summed E-state index contributed by atoms with van der Waals surface area (Å²) in [5.41, 5.74) is 2.11. The van der Waals surface area contributed by atoms with Crippen molar-refractivity contribution in [3.63, 3.8) is 0 Å². The number of aromatic nitrogens is 1. The predicted octanol–water partition coefficient (Wildman–Crippen LogP) is 2.56. The smallest absolute Gasteiger partial charge is 0.253 e. The summed E-state index contributed by atoms with van der Waals surface area (Å²) in [6.45, 7) is 10.6. The molecule has 2 fully saturated rings. The molecule has 216 valence electrons. The third-order valence-electron chi connectivity index (χ3n) is 7.67. The number of hydrogen-bond acceptors (Lipinski definition) is 7. The lowest BCUT2D eigenvalue weighted by molar-refractivity contribution is -0.137. The Morgan fingerprint density at radius 3 is 2.05 bits per heavy atom. The maximum atomic E-state index is 13.2. The van der Waals surface area contributed by atoms with Gasteiger partial charge in [-0.1, -0.05) is 0 Å². The van der Waals surface area contributed by atoms with Gasteiger partial charge < -0.3 is 30.0 Å². The molecule has 40 heavy (non-hydrogen) atoms. The van der Waals surface area contributed by atoms with Gasteiger partial charge in [-0.25, -0.2) is 4.98 Å². The van der Waals surface area contributed by atoms with Crippen molar-refractivity contribution in [1.29, 1.82) is 0 Å². The minimum Gasteiger partial charge on any atom is -0.395 e. The lowest BCUT2D eigenvalue weighted by atomic mass is 9.94. The normalized spacial score (nSPS) is 16.3. The summed E-state index contributed by atoms with van der Waals surface area (Å²) in [7, 11) is 0. The predicted molar refractivity (Wildman–Crippen MR) is 156 cm³/mol. The lowest BCUT2D eigenvalue weighted by Gasteiger charge is -2.36. The molecule has 10 heteroatoms. The highest BCUT2D eigenvalue weighted by Crippen LogP contribution is 2.25. The molecule has 2 N–H and O–H groups in total. The first kappa shape index (κ1) is 29.3. The van der Waals surface area contributed by atoms with Gasteiger partial charge >= 0.3 is 0 Å². The van der Waals surface area contributed by atoms with E-state index in [4.69, 9.17) is 0 Å². The van der Waals surface area contributed by atoms with Crippen LogP contribution in [0.5, 0.6) is 0 Å². The number of hydrogen-bond donors (Lipinski definition) is 2. The van der Waals surface area contributed by atoms with E-state index >= 15 is 0 Å². The van der Waals surface area contributed by atoms with Crippen LogP contribution in [-0.4, -0.2) is 108 Å². The molecule has 2 aliphatic heterocycles. The number of carbonyl (C=O) groups excluding carboxylic acids is 3. The number of likely N-dealkylation sites (tertiary alicyclic amines) is 1. The molecule has 0 aliphatic carbocycles. The van der Waals surface area contributed by atoms with Crippen molar-refractivity contribution in [3.05, 3.63) is 53.7 Å². The number of anilines is 2. The Kier molecular flexibility index (Phi) is 9.98. The van der Waals surface area contributed by atoms with E-state index in [1.165, 1.54) is 0 Å². The van der Waals surface area contributed by atoms with Gasteiger partial charge in [-0.15, -0.1) is 0 Å². The van der Waals surface area contributed by atoms with E-state index in [9.17, 15) is 19.5 Å². The second-order valence-corrected chi connectivity index (χ2v) is 10.7. The Balaban J connectivity index is 1.29. The molecule has 1 aromatic heterocycles. The zero-order valence-corrected chi connectivity index (χ0v) is 23.9. The van der Waals surface area contributed by atoms with Gasteiger partial charge in [0.15, 0.2) is 5.82 Å². The largest absolute Gasteiger partial charge is 0.395 e. The Bertz CT molecular complexity index is 1160. The van der Waals surface area contributed by atoms with Crippen LogP contribution in [0, 0.1) is 5.92 Å². The lowest BCUT2D eigenvalue weighted by Crippen LogP contribution is -2.49. The van der Waals surface area contributed by atoms with Gasteiger partial charge in [-0.3, -0.25) is 14.4 Å². The highest BCUT2D eigenvalue weighted by molar-refractivity contribution is 5.98. The maximum Gasteiger partial charge on any atom is 0.253 e. The van der Waals surface area contributed by atoms with Crippen LogP contribution in [0.1, 0.15) is 54.3 Å². The number of aliphatic hydroxyl groups is 1. The number of benzene rings is 1. The van der Waals surface area contributed by atoms with Gasteiger partial charge in [0.05, 0.1) is 12.3 Å². The van der Waals surface area contributed by atoms with Gasteiger partial charge in [0, 0.05) is 81.6 Å². The molecule has 3 amide bonds. The molecule has 3 heterocycles. The van der Waals surface area contributed by atoms with Crippen molar-refractivity contribution < 1.29 is 19.5 Å². The number of likely N-dealkylation sites (N-methyl/N-ethyl adjacent to an activating group) is 1. The molecule has 0 radical (unpaired) electrons. The molecule has 0 atom stereocenters. The quantitative estimate of drug-likeness (QED) is 0.494. The number of nitrogens with zero attached hydrogens (tertiary/aromatic N) is 5. The number of aliphatic hydroxyl groups excluding tert-OH is 1. The van der Waals surface area contributed by atoms with Gasteiger partial charge in [0.1, 0.15) is 0 Å². The minimum atomic E-state index is -0.119. The molecule has 2 aliphatic rings. The van der Waals surface area contributed by atoms with Gasteiger partial charge in [-0.05, 0) is 70.0 Å². The van der Waals surface area contributed by atoms with Crippen LogP contribution in [0.3, 0.4) is 0 Å². The molecule has 0 spiro atoms. The van der Waals surface area contributed by atoms with E-state index in [2.05, 4.69) is 29.0 Å². The minimum absolute atomic E-state index is 0.0390. The fraction of sp³-hybridized carbons (Fsp3) is 0.533. The van der Waals surface area contributed by atoms with Crippen molar-refractivity contribution in [1.82, 2.24) is 19.7 Å². The summed E-state index contributed by atoms with van der Waals surface area (Å²) in [6.07, 6.45) is 3.02. The third-order valence-corrected chi connectivity index (χ3v) is 7.67. The van der Waals surface area contributed by atoms with Crippen LogP contribution in [0.15, 0.2) is 42.6 Å². The van der Waals surface area contributed by atoms with E-state index < -0.39 is 0 Å². The average Bonchev–Trinajstić information content (AvgIpc) is 2.99. The van der Waals surface area contributed by atoms with Crippen LogP contribution in [-0.2, 0) is 4.79 Å². The number of pyridine rings is 1. The first-order chi connectivity index (χ1) is 19.3. The Morgan fingerprint density at radius 2 is 1.52 bits per heavy atom. The standard InChI is InChI=1S/C30H42N6O4/c1-4-33(20-21-37)28(38)25-11-14-35(15-12-25)29(39)23-7-9-24(10-8-23)30(40)36-18-16-34(17-19-36)27-26(32-22(2)3)6-5-13-31-27/h5-10,13,22,25,32,37H,4,11-12,14-21H2,1-3H3. The number of piperidine rings is 1. The van der Waals surface area contributed by atoms with E-state index in [0.717, 1.165) is 11.5 Å². The monoisotopic (exact) mass is 550 g/mol. The van der Waals surface area contributed by atoms with E-state index in [1.807, 2.05) is 24.0 Å². The second kappa shape index (κ2) is 13.6. The molecule has 0 unspecified atom stereocenters. The van der Waals surface area contributed by atoms with E-state index in [-0.39, 0.29) is 30.2 Å². The number of amides is 3. The number of piperazine rings is 1. The highest BCUT2D eigenvalue weighted by atomic mass is 16.3. The topological polar surface area (TPSA) is 109 Å². The molecule has 1 aromatic carbocycles. The van der Waals surface area contributed by atoms with Crippen LogP contribution in [0.25, 0.3) is 0 Å². The first-order valence-electron chi connectivity index (χ1n) is 14.4. The third kappa shape index (κ3) is 6.91. The van der Waals surface area contributed by atoms with Crippen LogP contribution in [0.4, 0.5) is 11.5 Å². The Morgan fingerprint density at radius 1 is 0.950 bits per heavy atom. The molecular formula is C30H42N6O4. The molecule has 0 bridgehead atoms. The van der Waals surface area contributed by atoms with Crippen molar-refractivity contribution in [2.45, 2.75) is 39.7 Å². The summed E-state index contributed by atoms with van der Waals surface area (Å²) >= 11 is 0. The van der Waals surface area contributed by atoms with Crippen molar-refractivity contribution in [2.24, 2.45) is 5.92 Å². The molecule has 2 aromatic rings.